The molecule has 0 fully saturated rings. The molecule has 19 heavy (non-hydrogen) atoms. The van der Waals surface area contributed by atoms with Crippen LogP contribution in [0.4, 0.5) is 8.78 Å². The molecule has 2 rings (SSSR count). The highest BCUT2D eigenvalue weighted by Gasteiger charge is 2.01. The summed E-state index contributed by atoms with van der Waals surface area (Å²) >= 11 is 0. The molecular formula is C17H16F2. The molecule has 0 aromatic heterocycles. The zero-order chi connectivity index (χ0) is 13.7. The van der Waals surface area contributed by atoms with Crippen molar-refractivity contribution in [3.63, 3.8) is 0 Å². The second-order valence-electron chi connectivity index (χ2n) is 4.56. The number of aryl methyl sites for hydroxylation is 2. The molecule has 2 aromatic rings. The first-order valence-electron chi connectivity index (χ1n) is 6.31. The van der Waals surface area contributed by atoms with Crippen LogP contribution in [0.2, 0.25) is 0 Å². The van der Waals surface area contributed by atoms with E-state index in [-0.39, 0.29) is 11.6 Å². The molecular weight excluding hydrogens is 242 g/mol. The third-order valence-corrected chi connectivity index (χ3v) is 3.01. The molecule has 2 aromatic carbocycles. The first-order valence-corrected chi connectivity index (χ1v) is 6.31. The molecule has 0 aliphatic rings. The number of rotatable bonds is 4. The number of hydrogen-bond acceptors (Lipinski definition) is 0. The van der Waals surface area contributed by atoms with Crippen molar-refractivity contribution in [2.24, 2.45) is 0 Å². The summed E-state index contributed by atoms with van der Waals surface area (Å²) in [5.74, 6) is -0.422. The number of allylic oxidation sites excluding steroid dienone is 1. The predicted octanol–water partition coefficient (Wildman–Crippen LogP) is 4.94. The van der Waals surface area contributed by atoms with Gasteiger partial charge < -0.3 is 0 Å². The van der Waals surface area contributed by atoms with Gasteiger partial charge in [-0.15, -0.1) is 0 Å². The standard InChI is InChI=1S/C17H16F2/c1-13(18)12-16-5-3-2-4-15(16)9-6-14-7-10-17(19)11-8-14/h2-5,7-8,10-12H,6,9H2,1H3/b13-12+. The fourth-order valence-electron chi connectivity index (χ4n) is 2.05. The Hall–Kier alpha value is -1.96. The summed E-state index contributed by atoms with van der Waals surface area (Å²) in [7, 11) is 0. The third kappa shape index (κ3) is 4.02. The van der Waals surface area contributed by atoms with Gasteiger partial charge in [0.05, 0.1) is 5.83 Å². The Bertz CT molecular complexity index is 564. The van der Waals surface area contributed by atoms with Gasteiger partial charge in [0.15, 0.2) is 0 Å². The van der Waals surface area contributed by atoms with Crippen LogP contribution in [0.5, 0.6) is 0 Å². The summed E-state index contributed by atoms with van der Waals surface area (Å²) in [6.45, 7) is 1.44. The van der Waals surface area contributed by atoms with Crippen LogP contribution >= 0.6 is 0 Å². The third-order valence-electron chi connectivity index (χ3n) is 3.01. The minimum absolute atomic E-state index is 0.200. The van der Waals surface area contributed by atoms with Crippen molar-refractivity contribution in [1.29, 1.82) is 0 Å². The van der Waals surface area contributed by atoms with Crippen LogP contribution in [0.3, 0.4) is 0 Å². The molecule has 0 atom stereocenters. The Labute approximate surface area is 112 Å². The van der Waals surface area contributed by atoms with Gasteiger partial charge in [0.2, 0.25) is 0 Å². The van der Waals surface area contributed by atoms with Crippen molar-refractivity contribution in [2.75, 3.05) is 0 Å². The number of benzene rings is 2. The van der Waals surface area contributed by atoms with Gasteiger partial charge in [-0.1, -0.05) is 36.4 Å². The summed E-state index contributed by atoms with van der Waals surface area (Å²) in [5, 5.41) is 0. The molecule has 0 spiro atoms. The molecule has 0 nitrogen and oxygen atoms in total. The second-order valence-corrected chi connectivity index (χ2v) is 4.56. The smallest absolute Gasteiger partial charge is 0.123 e. The first kappa shape index (κ1) is 13.5. The number of halogens is 2. The van der Waals surface area contributed by atoms with Crippen LogP contribution in [0.25, 0.3) is 6.08 Å². The number of hydrogen-bond donors (Lipinski definition) is 0. The highest BCUT2D eigenvalue weighted by Crippen LogP contribution is 2.16. The molecule has 0 amide bonds. The first-order chi connectivity index (χ1) is 9.15. The topological polar surface area (TPSA) is 0 Å². The van der Waals surface area contributed by atoms with Gasteiger partial charge >= 0.3 is 0 Å². The molecule has 0 bridgehead atoms. The molecule has 0 radical (unpaired) electrons. The molecule has 0 aliphatic carbocycles. The fraction of sp³-hybridized carbons (Fsp3) is 0.176. The van der Waals surface area contributed by atoms with Crippen LogP contribution in [-0.2, 0) is 12.8 Å². The molecule has 0 saturated heterocycles. The summed E-state index contributed by atoms with van der Waals surface area (Å²) in [6, 6.07) is 14.3. The van der Waals surface area contributed by atoms with Crippen LogP contribution < -0.4 is 0 Å². The summed E-state index contributed by atoms with van der Waals surface area (Å²) < 4.78 is 25.8. The lowest BCUT2D eigenvalue weighted by Crippen LogP contribution is -1.94. The largest absolute Gasteiger partial charge is 0.212 e. The van der Waals surface area contributed by atoms with E-state index in [9.17, 15) is 8.78 Å². The van der Waals surface area contributed by atoms with Crippen LogP contribution in [0, 0.1) is 5.82 Å². The lowest BCUT2D eigenvalue weighted by Gasteiger charge is -2.06. The normalized spacial score (nSPS) is 11.6. The van der Waals surface area contributed by atoms with E-state index in [1.807, 2.05) is 24.3 Å². The van der Waals surface area contributed by atoms with Gasteiger partial charge in [0.25, 0.3) is 0 Å². The Balaban J connectivity index is 2.11. The Morgan fingerprint density at radius 1 is 1.00 bits per heavy atom. The van der Waals surface area contributed by atoms with Crippen molar-refractivity contribution >= 4 is 6.08 Å². The molecule has 0 unspecified atom stereocenters. The predicted molar refractivity (Wildman–Crippen MR) is 75.0 cm³/mol. The Morgan fingerprint density at radius 2 is 1.68 bits per heavy atom. The van der Waals surface area contributed by atoms with Crippen LogP contribution in [0.1, 0.15) is 23.6 Å². The van der Waals surface area contributed by atoms with Crippen LogP contribution in [0.15, 0.2) is 54.4 Å². The van der Waals surface area contributed by atoms with E-state index in [1.165, 1.54) is 19.1 Å². The minimum Gasteiger partial charge on any atom is -0.212 e. The van der Waals surface area contributed by atoms with Crippen LogP contribution in [-0.4, -0.2) is 0 Å². The van der Waals surface area contributed by atoms with E-state index in [4.69, 9.17) is 0 Å². The summed E-state index contributed by atoms with van der Waals surface area (Å²) in [6.07, 6.45) is 3.17. The molecule has 0 saturated carbocycles. The molecule has 0 heterocycles. The lowest BCUT2D eigenvalue weighted by atomic mass is 9.99. The summed E-state index contributed by atoms with van der Waals surface area (Å²) in [4.78, 5) is 0. The molecule has 98 valence electrons. The molecule has 2 heteroatoms. The van der Waals surface area contributed by atoms with Crippen molar-refractivity contribution in [1.82, 2.24) is 0 Å². The monoisotopic (exact) mass is 258 g/mol. The SMILES string of the molecule is C/C(F)=C\c1ccccc1CCc1ccc(F)cc1. The van der Waals surface area contributed by atoms with E-state index in [1.54, 1.807) is 18.2 Å². The lowest BCUT2D eigenvalue weighted by molar-refractivity contribution is 0.627. The second kappa shape index (κ2) is 6.28. The maximum Gasteiger partial charge on any atom is 0.123 e. The molecule has 0 N–H and O–H groups in total. The molecule has 0 aliphatic heterocycles. The van der Waals surface area contributed by atoms with E-state index in [2.05, 4.69) is 0 Å². The highest BCUT2D eigenvalue weighted by atomic mass is 19.1. The van der Waals surface area contributed by atoms with Gasteiger partial charge in [0, 0.05) is 0 Å². The fourth-order valence-corrected chi connectivity index (χ4v) is 2.05. The van der Waals surface area contributed by atoms with Crippen molar-refractivity contribution in [3.8, 4) is 0 Å². The summed E-state index contributed by atoms with van der Waals surface area (Å²) in [5.41, 5.74) is 3.09. The van der Waals surface area contributed by atoms with Gasteiger partial charge in [-0.05, 0) is 54.7 Å². The maximum absolute atomic E-state index is 13.0. The van der Waals surface area contributed by atoms with E-state index >= 15 is 0 Å². The van der Waals surface area contributed by atoms with Crippen molar-refractivity contribution in [3.05, 3.63) is 76.9 Å². The zero-order valence-electron chi connectivity index (χ0n) is 10.9. The van der Waals surface area contributed by atoms with Gasteiger partial charge in [-0.2, -0.15) is 0 Å². The van der Waals surface area contributed by atoms with E-state index < -0.39 is 0 Å². The maximum atomic E-state index is 13.0. The van der Waals surface area contributed by atoms with Gasteiger partial charge in [0.1, 0.15) is 5.82 Å². The van der Waals surface area contributed by atoms with E-state index in [0.717, 1.165) is 29.5 Å². The Morgan fingerprint density at radius 3 is 2.37 bits per heavy atom. The average molecular weight is 258 g/mol. The van der Waals surface area contributed by atoms with Crippen molar-refractivity contribution in [2.45, 2.75) is 19.8 Å². The zero-order valence-corrected chi connectivity index (χ0v) is 10.9. The quantitative estimate of drug-likeness (QED) is 0.728. The van der Waals surface area contributed by atoms with Gasteiger partial charge in [-0.25, -0.2) is 8.78 Å². The average Bonchev–Trinajstić information content (AvgIpc) is 2.39. The van der Waals surface area contributed by atoms with Crippen molar-refractivity contribution < 1.29 is 8.78 Å². The highest BCUT2D eigenvalue weighted by molar-refractivity contribution is 5.55. The Kier molecular flexibility index (Phi) is 4.45. The van der Waals surface area contributed by atoms with Gasteiger partial charge in [-0.3, -0.25) is 0 Å². The minimum atomic E-state index is -0.222. The van der Waals surface area contributed by atoms with E-state index in [0.29, 0.717) is 0 Å².